The van der Waals surface area contributed by atoms with Crippen molar-refractivity contribution in [2.75, 3.05) is 5.32 Å². The van der Waals surface area contributed by atoms with Gasteiger partial charge in [0.2, 0.25) is 5.91 Å². The molecule has 0 saturated carbocycles. The van der Waals surface area contributed by atoms with Gasteiger partial charge in [-0.25, -0.2) is 4.68 Å². The summed E-state index contributed by atoms with van der Waals surface area (Å²) in [5.74, 6) is -1.33. The highest BCUT2D eigenvalue weighted by Gasteiger charge is 2.07. The van der Waals surface area contributed by atoms with Crippen LogP contribution in [0.25, 0.3) is 5.69 Å². The number of hydrogen-bond donors (Lipinski definition) is 2. The number of aliphatic carboxylic acids is 1. The first-order valence-electron chi connectivity index (χ1n) is 5.77. The van der Waals surface area contributed by atoms with E-state index in [-0.39, 0.29) is 18.7 Å². The molecule has 0 fully saturated rings. The number of carbonyl (C=O) groups is 2. The summed E-state index contributed by atoms with van der Waals surface area (Å²) in [5, 5.41) is 15.2. The average molecular weight is 259 g/mol. The fourth-order valence-corrected chi connectivity index (χ4v) is 1.55. The number of carbonyl (C=O) groups excluding carboxylic acids is 1. The fourth-order valence-electron chi connectivity index (χ4n) is 1.55. The minimum atomic E-state index is -0.991. The number of anilines is 1. The summed E-state index contributed by atoms with van der Waals surface area (Å²) in [5.41, 5.74) is 1.42. The molecule has 1 aromatic carbocycles. The highest BCUT2D eigenvalue weighted by Crippen LogP contribution is 2.11. The van der Waals surface area contributed by atoms with Crippen LogP contribution in [0, 0.1) is 0 Å². The molecule has 6 heteroatoms. The van der Waals surface area contributed by atoms with Crippen LogP contribution >= 0.6 is 0 Å². The van der Waals surface area contributed by atoms with Crippen molar-refractivity contribution in [2.45, 2.75) is 12.8 Å². The van der Waals surface area contributed by atoms with Crippen LogP contribution in [0.3, 0.4) is 0 Å². The predicted octanol–water partition coefficient (Wildman–Crippen LogP) is 1.68. The quantitative estimate of drug-likeness (QED) is 0.855. The van der Waals surface area contributed by atoms with Gasteiger partial charge in [-0.1, -0.05) is 18.2 Å². The third-order valence-corrected chi connectivity index (χ3v) is 2.45. The molecule has 0 aliphatic carbocycles. The van der Waals surface area contributed by atoms with E-state index in [2.05, 4.69) is 10.4 Å². The van der Waals surface area contributed by atoms with Gasteiger partial charge in [-0.2, -0.15) is 5.10 Å². The van der Waals surface area contributed by atoms with Crippen molar-refractivity contribution in [3.05, 3.63) is 42.7 Å². The van der Waals surface area contributed by atoms with Crippen LogP contribution in [0.15, 0.2) is 42.7 Å². The van der Waals surface area contributed by atoms with E-state index in [0.717, 1.165) is 5.69 Å². The third-order valence-electron chi connectivity index (χ3n) is 2.45. The van der Waals surface area contributed by atoms with E-state index >= 15 is 0 Å². The van der Waals surface area contributed by atoms with Gasteiger partial charge in [0, 0.05) is 6.42 Å². The maximum Gasteiger partial charge on any atom is 0.303 e. The Morgan fingerprint density at radius 2 is 1.95 bits per heavy atom. The van der Waals surface area contributed by atoms with Gasteiger partial charge >= 0.3 is 5.97 Å². The van der Waals surface area contributed by atoms with E-state index in [1.54, 1.807) is 10.9 Å². The Balaban J connectivity index is 1.98. The zero-order chi connectivity index (χ0) is 13.7. The monoisotopic (exact) mass is 259 g/mol. The summed E-state index contributed by atoms with van der Waals surface area (Å²) < 4.78 is 1.63. The highest BCUT2D eigenvalue weighted by atomic mass is 16.4. The van der Waals surface area contributed by atoms with Crippen LogP contribution in [0.4, 0.5) is 5.69 Å². The lowest BCUT2D eigenvalue weighted by Crippen LogP contribution is -2.12. The molecule has 0 spiro atoms. The summed E-state index contributed by atoms with van der Waals surface area (Å²) in [6.07, 6.45) is 2.96. The van der Waals surface area contributed by atoms with Crippen LogP contribution < -0.4 is 5.32 Å². The molecule has 0 saturated heterocycles. The summed E-state index contributed by atoms with van der Waals surface area (Å²) >= 11 is 0. The second kappa shape index (κ2) is 5.81. The SMILES string of the molecule is O=C(O)CCC(=O)Nc1cnn(-c2ccccc2)c1. The van der Waals surface area contributed by atoms with E-state index in [9.17, 15) is 9.59 Å². The maximum absolute atomic E-state index is 11.5. The van der Waals surface area contributed by atoms with Gasteiger partial charge in [-0.3, -0.25) is 9.59 Å². The zero-order valence-electron chi connectivity index (χ0n) is 10.1. The molecule has 1 heterocycles. The number of nitrogens with zero attached hydrogens (tertiary/aromatic N) is 2. The lowest BCUT2D eigenvalue weighted by molar-refractivity contribution is -0.138. The minimum Gasteiger partial charge on any atom is -0.481 e. The highest BCUT2D eigenvalue weighted by molar-refractivity contribution is 5.92. The molecule has 6 nitrogen and oxygen atoms in total. The van der Waals surface area contributed by atoms with E-state index in [0.29, 0.717) is 5.69 Å². The number of para-hydroxylation sites is 1. The molecule has 19 heavy (non-hydrogen) atoms. The standard InChI is InChI=1S/C13H13N3O3/c17-12(6-7-13(18)19)15-10-8-14-16(9-10)11-4-2-1-3-5-11/h1-5,8-9H,6-7H2,(H,15,17)(H,18,19). The van der Waals surface area contributed by atoms with Crippen LogP contribution in [0.2, 0.25) is 0 Å². The van der Waals surface area contributed by atoms with Crippen molar-refractivity contribution >= 4 is 17.6 Å². The topological polar surface area (TPSA) is 84.2 Å². The van der Waals surface area contributed by atoms with Crippen molar-refractivity contribution in [1.82, 2.24) is 9.78 Å². The summed E-state index contributed by atoms with van der Waals surface area (Å²) in [7, 11) is 0. The van der Waals surface area contributed by atoms with Gasteiger partial charge in [-0.15, -0.1) is 0 Å². The molecule has 2 N–H and O–H groups in total. The molecule has 2 aromatic rings. The molecule has 0 bridgehead atoms. The van der Waals surface area contributed by atoms with E-state index in [1.165, 1.54) is 6.20 Å². The second-order valence-electron chi connectivity index (χ2n) is 3.95. The second-order valence-corrected chi connectivity index (χ2v) is 3.95. The van der Waals surface area contributed by atoms with E-state index in [4.69, 9.17) is 5.11 Å². The number of carboxylic acids is 1. The Hall–Kier alpha value is -2.63. The number of nitrogens with one attached hydrogen (secondary N) is 1. The van der Waals surface area contributed by atoms with Crippen molar-refractivity contribution in [3.8, 4) is 5.69 Å². The molecule has 1 aromatic heterocycles. The lowest BCUT2D eigenvalue weighted by atomic mass is 10.3. The first-order chi connectivity index (χ1) is 9.15. The van der Waals surface area contributed by atoms with Crippen molar-refractivity contribution in [3.63, 3.8) is 0 Å². The average Bonchev–Trinajstić information content (AvgIpc) is 2.86. The van der Waals surface area contributed by atoms with Gasteiger partial charge < -0.3 is 10.4 Å². The van der Waals surface area contributed by atoms with Crippen molar-refractivity contribution < 1.29 is 14.7 Å². The van der Waals surface area contributed by atoms with Crippen molar-refractivity contribution in [1.29, 1.82) is 0 Å². The van der Waals surface area contributed by atoms with Gasteiger partial charge in [0.15, 0.2) is 0 Å². The van der Waals surface area contributed by atoms with E-state index < -0.39 is 5.97 Å². The van der Waals surface area contributed by atoms with E-state index in [1.807, 2.05) is 30.3 Å². The summed E-state index contributed by atoms with van der Waals surface area (Å²) in [6.45, 7) is 0. The molecule has 0 atom stereocenters. The number of rotatable bonds is 5. The normalized spacial score (nSPS) is 10.1. The van der Waals surface area contributed by atoms with Gasteiger partial charge in [0.25, 0.3) is 0 Å². The van der Waals surface area contributed by atoms with Crippen LogP contribution in [-0.4, -0.2) is 26.8 Å². The maximum atomic E-state index is 11.5. The number of aromatic nitrogens is 2. The van der Waals surface area contributed by atoms with Gasteiger partial charge in [-0.05, 0) is 12.1 Å². The van der Waals surface area contributed by atoms with Gasteiger partial charge in [0.05, 0.1) is 30.2 Å². The largest absolute Gasteiger partial charge is 0.481 e. The first-order valence-corrected chi connectivity index (χ1v) is 5.77. The summed E-state index contributed by atoms with van der Waals surface area (Å²) in [6, 6.07) is 9.47. The summed E-state index contributed by atoms with van der Waals surface area (Å²) in [4.78, 5) is 21.8. The number of amides is 1. The number of carboxylic acid groups (broad SMARTS) is 1. The Kier molecular flexibility index (Phi) is 3.92. The molecule has 0 unspecified atom stereocenters. The third kappa shape index (κ3) is 3.67. The molecule has 1 amide bonds. The smallest absolute Gasteiger partial charge is 0.303 e. The fraction of sp³-hybridized carbons (Fsp3) is 0.154. The molecule has 0 aliphatic rings. The Labute approximate surface area is 109 Å². The minimum absolute atomic E-state index is 0.0498. The lowest BCUT2D eigenvalue weighted by Gasteiger charge is -2.01. The Morgan fingerprint density at radius 1 is 1.21 bits per heavy atom. The number of hydrogen-bond acceptors (Lipinski definition) is 3. The zero-order valence-corrected chi connectivity index (χ0v) is 10.1. The van der Waals surface area contributed by atoms with Crippen LogP contribution in [-0.2, 0) is 9.59 Å². The molecule has 0 aliphatic heterocycles. The molecule has 2 rings (SSSR count). The first kappa shape index (κ1) is 12.8. The predicted molar refractivity (Wildman–Crippen MR) is 69.1 cm³/mol. The molecular formula is C13H13N3O3. The Morgan fingerprint density at radius 3 is 2.63 bits per heavy atom. The van der Waals surface area contributed by atoms with Crippen LogP contribution in [0.1, 0.15) is 12.8 Å². The molecular weight excluding hydrogens is 246 g/mol. The number of benzene rings is 1. The molecule has 0 radical (unpaired) electrons. The van der Waals surface area contributed by atoms with Gasteiger partial charge in [0.1, 0.15) is 0 Å². The van der Waals surface area contributed by atoms with Crippen LogP contribution in [0.5, 0.6) is 0 Å². The molecule has 98 valence electrons. The Bertz CT molecular complexity index is 578. The van der Waals surface area contributed by atoms with Crippen molar-refractivity contribution in [2.24, 2.45) is 0 Å².